The minimum Gasteiger partial charge on any atom is -0.349 e. The van der Waals surface area contributed by atoms with Crippen LogP contribution in [0.4, 0.5) is 5.69 Å². The molecule has 29 heavy (non-hydrogen) atoms. The third-order valence-corrected chi connectivity index (χ3v) is 5.68. The van der Waals surface area contributed by atoms with E-state index in [1.807, 2.05) is 34.9 Å². The zero-order valence-corrected chi connectivity index (χ0v) is 16.7. The van der Waals surface area contributed by atoms with E-state index in [0.717, 1.165) is 56.5 Å². The average molecular weight is 393 g/mol. The molecule has 2 aromatic rings. The van der Waals surface area contributed by atoms with Crippen LogP contribution in [0.15, 0.2) is 42.0 Å². The van der Waals surface area contributed by atoms with Crippen molar-refractivity contribution < 1.29 is 9.59 Å². The number of carbonyl (C=O) groups is 2. The fourth-order valence-electron chi connectivity index (χ4n) is 4.16. The highest BCUT2D eigenvalue weighted by molar-refractivity contribution is 6.05. The summed E-state index contributed by atoms with van der Waals surface area (Å²) < 4.78 is 1.93. The van der Waals surface area contributed by atoms with E-state index in [1.54, 1.807) is 0 Å². The van der Waals surface area contributed by atoms with Gasteiger partial charge in [-0.15, -0.1) is 0 Å². The molecule has 0 atom stereocenters. The van der Waals surface area contributed by atoms with Crippen LogP contribution < -0.4 is 10.6 Å². The number of aromatic nitrogens is 2. The Morgan fingerprint density at radius 2 is 1.83 bits per heavy atom. The lowest BCUT2D eigenvalue weighted by Crippen LogP contribution is -2.29. The number of nitrogens with zero attached hydrogens (tertiary/aromatic N) is 2. The Morgan fingerprint density at radius 1 is 1.00 bits per heavy atom. The number of hydrogen-bond acceptors (Lipinski definition) is 3. The second-order valence-corrected chi connectivity index (χ2v) is 7.77. The van der Waals surface area contributed by atoms with Gasteiger partial charge in [0.05, 0.1) is 5.69 Å². The lowest BCUT2D eigenvalue weighted by Gasteiger charge is -2.17. The Labute approximate surface area is 171 Å². The number of carbonyl (C=O) groups excluding carboxylic acids is 2. The second-order valence-electron chi connectivity index (χ2n) is 7.77. The van der Waals surface area contributed by atoms with Gasteiger partial charge >= 0.3 is 0 Å². The first-order valence-electron chi connectivity index (χ1n) is 10.6. The molecule has 6 nitrogen and oxygen atoms in total. The molecule has 0 spiro atoms. The first kappa shape index (κ1) is 19.4. The number of benzene rings is 1. The monoisotopic (exact) mass is 392 g/mol. The highest BCUT2D eigenvalue weighted by Crippen LogP contribution is 2.23. The maximum atomic E-state index is 12.8. The molecular weight excluding hydrogens is 364 g/mol. The van der Waals surface area contributed by atoms with Crippen LogP contribution in [0.25, 0.3) is 0 Å². The number of nitrogens with one attached hydrogen (secondary N) is 2. The molecule has 152 valence electrons. The highest BCUT2D eigenvalue weighted by atomic mass is 16.2. The molecule has 1 aromatic carbocycles. The fourth-order valence-corrected chi connectivity index (χ4v) is 4.16. The van der Waals surface area contributed by atoms with E-state index in [4.69, 9.17) is 0 Å². The van der Waals surface area contributed by atoms with Crippen LogP contribution in [0.5, 0.6) is 0 Å². The number of amides is 2. The van der Waals surface area contributed by atoms with Crippen molar-refractivity contribution in [3.05, 3.63) is 59.2 Å². The van der Waals surface area contributed by atoms with Crippen molar-refractivity contribution in [3.63, 3.8) is 0 Å². The predicted molar refractivity (Wildman–Crippen MR) is 113 cm³/mol. The summed E-state index contributed by atoms with van der Waals surface area (Å²) in [7, 11) is 0. The van der Waals surface area contributed by atoms with Crippen LogP contribution in [-0.4, -0.2) is 27.9 Å². The van der Waals surface area contributed by atoms with Crippen LogP contribution in [0.2, 0.25) is 0 Å². The standard InChI is InChI=1S/C23H28N4O2/c28-22(25-18-11-5-2-6-12-18)20-19-13-7-8-16-27(19)21(26-20)23(29)24-15-14-17-9-3-1-4-10-17/h2,5-6,9,11-12H,1,3-4,7-8,10,13-16H2,(H,24,29)(H,25,28). The van der Waals surface area contributed by atoms with Crippen molar-refractivity contribution in [1.29, 1.82) is 0 Å². The summed E-state index contributed by atoms with van der Waals surface area (Å²) >= 11 is 0. The molecule has 0 bridgehead atoms. The van der Waals surface area contributed by atoms with Gasteiger partial charge in [0.15, 0.2) is 11.5 Å². The molecule has 4 rings (SSSR count). The largest absolute Gasteiger partial charge is 0.349 e. The first-order valence-corrected chi connectivity index (χ1v) is 10.6. The number of hydrogen-bond donors (Lipinski definition) is 2. The molecule has 2 amide bonds. The van der Waals surface area contributed by atoms with E-state index in [-0.39, 0.29) is 11.8 Å². The minimum absolute atomic E-state index is 0.191. The van der Waals surface area contributed by atoms with Crippen molar-refractivity contribution in [1.82, 2.24) is 14.9 Å². The smallest absolute Gasteiger partial charge is 0.287 e. The fraction of sp³-hybridized carbons (Fsp3) is 0.435. The Balaban J connectivity index is 1.47. The van der Waals surface area contributed by atoms with Gasteiger partial charge in [-0.1, -0.05) is 29.8 Å². The molecule has 1 aliphatic carbocycles. The lowest BCUT2D eigenvalue weighted by molar-refractivity contribution is 0.0938. The Hall–Kier alpha value is -2.89. The van der Waals surface area contributed by atoms with Gasteiger partial charge in [-0.25, -0.2) is 4.98 Å². The van der Waals surface area contributed by atoms with Gasteiger partial charge in [-0.2, -0.15) is 0 Å². The maximum Gasteiger partial charge on any atom is 0.287 e. The quantitative estimate of drug-likeness (QED) is 0.727. The normalized spacial score (nSPS) is 15.9. The summed E-state index contributed by atoms with van der Waals surface area (Å²) in [4.78, 5) is 30.1. The number of fused-ring (bicyclic) bond motifs is 1. The van der Waals surface area contributed by atoms with E-state index < -0.39 is 0 Å². The predicted octanol–water partition coefficient (Wildman–Crippen LogP) is 4.09. The molecule has 2 heterocycles. The maximum absolute atomic E-state index is 12.8. The lowest BCUT2D eigenvalue weighted by atomic mass is 9.97. The molecule has 0 saturated carbocycles. The van der Waals surface area contributed by atoms with Crippen LogP contribution in [0, 0.1) is 0 Å². The first-order chi connectivity index (χ1) is 14.2. The summed E-state index contributed by atoms with van der Waals surface area (Å²) in [5.74, 6) is -0.0906. The summed E-state index contributed by atoms with van der Waals surface area (Å²) in [5, 5.41) is 5.90. The van der Waals surface area contributed by atoms with Crippen molar-refractivity contribution in [2.75, 3.05) is 11.9 Å². The van der Waals surface area contributed by atoms with Gasteiger partial charge in [-0.3, -0.25) is 9.59 Å². The van der Waals surface area contributed by atoms with E-state index in [1.165, 1.54) is 18.4 Å². The van der Waals surface area contributed by atoms with E-state index in [0.29, 0.717) is 18.1 Å². The third kappa shape index (κ3) is 4.58. The number of allylic oxidation sites excluding steroid dienone is 1. The minimum atomic E-state index is -0.256. The summed E-state index contributed by atoms with van der Waals surface area (Å²) in [6, 6.07) is 9.33. The number of imidazole rings is 1. The number of para-hydroxylation sites is 1. The van der Waals surface area contributed by atoms with Crippen molar-refractivity contribution in [2.24, 2.45) is 0 Å². The molecule has 0 fully saturated rings. The number of rotatable bonds is 6. The zero-order chi connectivity index (χ0) is 20.1. The van der Waals surface area contributed by atoms with Crippen LogP contribution >= 0.6 is 0 Å². The zero-order valence-electron chi connectivity index (χ0n) is 16.7. The molecule has 0 saturated heterocycles. The van der Waals surface area contributed by atoms with Gasteiger partial charge in [0.25, 0.3) is 11.8 Å². The van der Waals surface area contributed by atoms with Crippen LogP contribution in [0.3, 0.4) is 0 Å². The van der Waals surface area contributed by atoms with E-state index in [9.17, 15) is 9.59 Å². The Kier molecular flexibility index (Phi) is 6.08. The molecule has 1 aromatic heterocycles. The summed E-state index contributed by atoms with van der Waals surface area (Å²) in [6.45, 7) is 1.34. The average Bonchev–Trinajstić information content (AvgIpc) is 3.15. The molecular formula is C23H28N4O2. The van der Waals surface area contributed by atoms with Crippen LogP contribution in [0.1, 0.15) is 71.7 Å². The van der Waals surface area contributed by atoms with Gasteiger partial charge in [0.2, 0.25) is 0 Å². The van der Waals surface area contributed by atoms with Crippen molar-refractivity contribution in [2.45, 2.75) is 57.9 Å². The molecule has 2 N–H and O–H groups in total. The van der Waals surface area contributed by atoms with Gasteiger partial charge < -0.3 is 15.2 Å². The second kappa shape index (κ2) is 9.07. The number of anilines is 1. The van der Waals surface area contributed by atoms with Crippen LogP contribution in [-0.2, 0) is 13.0 Å². The van der Waals surface area contributed by atoms with Gasteiger partial charge in [-0.05, 0) is 63.5 Å². The molecule has 0 unspecified atom stereocenters. The molecule has 1 aliphatic heterocycles. The van der Waals surface area contributed by atoms with Gasteiger partial charge in [0, 0.05) is 18.8 Å². The summed E-state index contributed by atoms with van der Waals surface area (Å²) in [5.41, 5.74) is 3.39. The molecule has 6 heteroatoms. The van der Waals surface area contributed by atoms with E-state index in [2.05, 4.69) is 21.7 Å². The SMILES string of the molecule is O=C(Nc1ccccc1)c1nc(C(=O)NCCC2=CCCCC2)n2c1CCCC2. The summed E-state index contributed by atoms with van der Waals surface area (Å²) in [6.07, 6.45) is 10.8. The molecule has 0 radical (unpaired) electrons. The highest BCUT2D eigenvalue weighted by Gasteiger charge is 2.27. The Morgan fingerprint density at radius 3 is 2.62 bits per heavy atom. The van der Waals surface area contributed by atoms with Gasteiger partial charge in [0.1, 0.15) is 0 Å². The van der Waals surface area contributed by atoms with Crippen molar-refractivity contribution >= 4 is 17.5 Å². The van der Waals surface area contributed by atoms with Crippen molar-refractivity contribution in [3.8, 4) is 0 Å². The van der Waals surface area contributed by atoms with E-state index >= 15 is 0 Å². The third-order valence-electron chi connectivity index (χ3n) is 5.68. The Bertz CT molecular complexity index is 914. The topological polar surface area (TPSA) is 76.0 Å². The molecule has 2 aliphatic rings.